The van der Waals surface area contributed by atoms with E-state index < -0.39 is 10.0 Å². The molecule has 0 amide bonds. The van der Waals surface area contributed by atoms with Gasteiger partial charge in [0.05, 0.1) is 17.5 Å². The van der Waals surface area contributed by atoms with Gasteiger partial charge in [0.15, 0.2) is 0 Å². The number of sulfonamides is 1. The lowest BCUT2D eigenvalue weighted by molar-refractivity contribution is 0.288. The van der Waals surface area contributed by atoms with Crippen LogP contribution >= 0.6 is 11.6 Å². The van der Waals surface area contributed by atoms with E-state index in [-0.39, 0.29) is 5.25 Å². The summed E-state index contributed by atoms with van der Waals surface area (Å²) in [6.07, 6.45) is 4.32. The van der Waals surface area contributed by atoms with E-state index in [1.165, 1.54) is 0 Å². The van der Waals surface area contributed by atoms with Gasteiger partial charge in [0.1, 0.15) is 12.4 Å². The van der Waals surface area contributed by atoms with E-state index in [1.807, 2.05) is 18.2 Å². The Labute approximate surface area is 174 Å². The molecule has 1 aliphatic heterocycles. The van der Waals surface area contributed by atoms with Gasteiger partial charge in [-0.1, -0.05) is 11.6 Å². The highest BCUT2D eigenvalue weighted by molar-refractivity contribution is 7.90. The first kappa shape index (κ1) is 21.7. The van der Waals surface area contributed by atoms with Gasteiger partial charge in [-0.15, -0.1) is 0 Å². The lowest BCUT2D eigenvalue weighted by Crippen LogP contribution is -2.42. The fraction of sp³-hybridized carbons (Fsp3) is 0.700. The van der Waals surface area contributed by atoms with E-state index in [0.29, 0.717) is 25.1 Å². The molecular weight excluding hydrogens is 398 g/mol. The molecule has 1 fully saturated rings. The molecule has 1 heterocycles. The topological polar surface area (TPSA) is 70.7 Å². The molecule has 0 atom stereocenters. The zero-order valence-corrected chi connectivity index (χ0v) is 18.4. The van der Waals surface area contributed by atoms with Crippen LogP contribution in [0, 0.1) is 5.92 Å². The van der Waals surface area contributed by atoms with Crippen LogP contribution in [0.25, 0.3) is 0 Å². The van der Waals surface area contributed by atoms with Crippen LogP contribution in [0.5, 0.6) is 5.75 Å². The number of fused-ring (bicyclic) bond motifs is 1. The summed E-state index contributed by atoms with van der Waals surface area (Å²) in [5, 5.41) is 4.03. The lowest BCUT2D eigenvalue weighted by Gasteiger charge is -2.33. The van der Waals surface area contributed by atoms with Crippen molar-refractivity contribution in [3.63, 3.8) is 0 Å². The van der Waals surface area contributed by atoms with Crippen molar-refractivity contribution in [2.45, 2.75) is 50.8 Å². The highest BCUT2D eigenvalue weighted by atomic mass is 35.5. The Morgan fingerprint density at radius 3 is 2.71 bits per heavy atom. The second kappa shape index (κ2) is 9.65. The van der Waals surface area contributed by atoms with Gasteiger partial charge >= 0.3 is 0 Å². The Morgan fingerprint density at radius 2 is 2.00 bits per heavy atom. The van der Waals surface area contributed by atoms with Crippen LogP contribution in [-0.2, 0) is 10.0 Å². The third-order valence-corrected chi connectivity index (χ3v) is 7.78. The van der Waals surface area contributed by atoms with Crippen molar-refractivity contribution in [1.82, 2.24) is 10.0 Å². The number of benzene rings is 1. The third kappa shape index (κ3) is 5.75. The Bertz CT molecular complexity index is 749. The number of rotatable bonds is 8. The minimum Gasteiger partial charge on any atom is -0.490 e. The minimum atomic E-state index is -3.16. The number of nitrogens with zero attached hydrogens (tertiary/aromatic N) is 1. The molecule has 28 heavy (non-hydrogen) atoms. The van der Waals surface area contributed by atoms with E-state index in [2.05, 4.69) is 14.9 Å². The van der Waals surface area contributed by atoms with E-state index in [9.17, 15) is 8.42 Å². The summed E-state index contributed by atoms with van der Waals surface area (Å²) in [4.78, 5) is 2.32. The molecule has 0 radical (unpaired) electrons. The molecule has 6 nitrogen and oxygen atoms in total. The molecule has 2 N–H and O–H groups in total. The van der Waals surface area contributed by atoms with Crippen molar-refractivity contribution in [3.05, 3.63) is 23.2 Å². The van der Waals surface area contributed by atoms with Crippen LogP contribution in [0.3, 0.4) is 0 Å². The number of ether oxygens (including phenoxy) is 1. The molecule has 158 valence electrons. The van der Waals surface area contributed by atoms with Gasteiger partial charge in [0.2, 0.25) is 10.0 Å². The van der Waals surface area contributed by atoms with E-state index in [1.54, 1.807) is 13.8 Å². The average molecular weight is 430 g/mol. The van der Waals surface area contributed by atoms with Crippen molar-refractivity contribution < 1.29 is 13.2 Å². The number of nitrogens with one attached hydrogen (secondary N) is 2. The highest BCUT2D eigenvalue weighted by Crippen LogP contribution is 2.33. The van der Waals surface area contributed by atoms with E-state index in [0.717, 1.165) is 61.8 Å². The summed E-state index contributed by atoms with van der Waals surface area (Å²) in [5.74, 6) is 1.35. The van der Waals surface area contributed by atoms with E-state index in [4.69, 9.17) is 16.3 Å². The van der Waals surface area contributed by atoms with Crippen LogP contribution in [0.2, 0.25) is 5.02 Å². The maximum atomic E-state index is 11.9. The van der Waals surface area contributed by atoms with Crippen molar-refractivity contribution >= 4 is 27.3 Å². The van der Waals surface area contributed by atoms with Crippen LogP contribution in [0.1, 0.15) is 39.5 Å². The zero-order chi connectivity index (χ0) is 20.1. The van der Waals surface area contributed by atoms with Gasteiger partial charge in [-0.3, -0.25) is 0 Å². The fourth-order valence-electron chi connectivity index (χ4n) is 3.85. The molecule has 1 aromatic rings. The molecule has 0 aromatic heterocycles. The Kier molecular flexibility index (Phi) is 7.48. The quantitative estimate of drug-likeness (QED) is 0.664. The predicted molar refractivity (Wildman–Crippen MR) is 115 cm³/mol. The van der Waals surface area contributed by atoms with Crippen molar-refractivity contribution in [1.29, 1.82) is 0 Å². The maximum absolute atomic E-state index is 11.9. The predicted octanol–water partition coefficient (Wildman–Crippen LogP) is 3.02. The van der Waals surface area contributed by atoms with Crippen molar-refractivity contribution in [3.8, 4) is 5.75 Å². The summed E-state index contributed by atoms with van der Waals surface area (Å²) >= 11 is 6.14. The van der Waals surface area contributed by atoms with Crippen molar-refractivity contribution in [2.75, 3.05) is 37.7 Å². The summed E-state index contributed by atoms with van der Waals surface area (Å²) in [6.45, 7) is 7.41. The van der Waals surface area contributed by atoms with Gasteiger partial charge in [-0.25, -0.2) is 13.1 Å². The SMILES string of the molecule is CC(C)S(=O)(=O)NCC1CCC(NCCN2CCOc3ccc(Cl)cc32)CC1. The summed E-state index contributed by atoms with van der Waals surface area (Å²) in [7, 11) is -3.16. The maximum Gasteiger partial charge on any atom is 0.213 e. The summed E-state index contributed by atoms with van der Waals surface area (Å²) < 4.78 is 32.3. The Morgan fingerprint density at radius 1 is 1.25 bits per heavy atom. The first-order valence-corrected chi connectivity index (χ1v) is 12.2. The average Bonchev–Trinajstić information content (AvgIpc) is 2.67. The Hall–Kier alpha value is -1.02. The molecule has 0 unspecified atom stereocenters. The molecule has 2 aliphatic rings. The van der Waals surface area contributed by atoms with Gasteiger partial charge in [-0.2, -0.15) is 0 Å². The van der Waals surface area contributed by atoms with Gasteiger partial charge in [0, 0.05) is 30.7 Å². The molecule has 0 spiro atoms. The smallest absolute Gasteiger partial charge is 0.213 e. The summed E-state index contributed by atoms with van der Waals surface area (Å²) in [5.41, 5.74) is 1.07. The first-order valence-electron chi connectivity index (χ1n) is 10.2. The second-order valence-corrected chi connectivity index (χ2v) is 10.8. The van der Waals surface area contributed by atoms with E-state index >= 15 is 0 Å². The fourth-order valence-corrected chi connectivity index (χ4v) is 4.82. The monoisotopic (exact) mass is 429 g/mol. The zero-order valence-electron chi connectivity index (χ0n) is 16.8. The number of halogens is 1. The van der Waals surface area contributed by atoms with Crippen LogP contribution < -0.4 is 19.7 Å². The van der Waals surface area contributed by atoms with Gasteiger partial charge in [-0.05, 0) is 63.6 Å². The molecule has 1 aliphatic carbocycles. The molecule has 0 bridgehead atoms. The molecule has 1 saturated carbocycles. The second-order valence-electron chi connectivity index (χ2n) is 8.06. The Balaban J connectivity index is 1.38. The van der Waals surface area contributed by atoms with Crippen LogP contribution in [0.15, 0.2) is 18.2 Å². The summed E-state index contributed by atoms with van der Waals surface area (Å²) in [6, 6.07) is 6.28. The molecule has 0 saturated heterocycles. The minimum absolute atomic E-state index is 0.370. The lowest BCUT2D eigenvalue weighted by atomic mass is 9.86. The van der Waals surface area contributed by atoms with Gasteiger partial charge < -0.3 is 15.0 Å². The highest BCUT2D eigenvalue weighted by Gasteiger charge is 2.24. The number of anilines is 1. The van der Waals surface area contributed by atoms with Gasteiger partial charge in [0.25, 0.3) is 0 Å². The first-order chi connectivity index (χ1) is 13.3. The molecule has 3 rings (SSSR count). The standard InChI is InChI=1S/C20H32ClN3O3S/c1-15(2)28(25,26)23-14-16-3-6-18(7-4-16)22-9-10-24-11-12-27-20-8-5-17(21)13-19(20)24/h5,8,13,15-16,18,22-23H,3-4,6-7,9-12,14H2,1-2H3. The molecule has 1 aromatic carbocycles. The van der Waals surface area contributed by atoms with Crippen LogP contribution in [0.4, 0.5) is 5.69 Å². The number of hydrogen-bond acceptors (Lipinski definition) is 5. The number of hydrogen-bond donors (Lipinski definition) is 2. The van der Waals surface area contributed by atoms with Crippen molar-refractivity contribution in [2.24, 2.45) is 5.92 Å². The molecular formula is C20H32ClN3O3S. The normalized spacial score (nSPS) is 22.8. The molecule has 8 heteroatoms. The van der Waals surface area contributed by atoms with Crippen LogP contribution in [-0.4, -0.2) is 52.5 Å². The third-order valence-electron chi connectivity index (χ3n) is 5.74. The largest absolute Gasteiger partial charge is 0.490 e.